The topological polar surface area (TPSA) is 40.0 Å². The molecular weight excluding hydrogens is 273 g/mol. The van der Waals surface area contributed by atoms with Crippen molar-refractivity contribution in [1.29, 1.82) is 0 Å². The van der Waals surface area contributed by atoms with Crippen molar-refractivity contribution in [3.05, 3.63) is 30.1 Å². The monoisotopic (exact) mass is 296 g/mol. The minimum atomic E-state index is -0.325. The number of carbonyl (C=O) groups excluding carboxylic acids is 1. The second kappa shape index (κ2) is 7.98. The molecule has 1 heterocycles. The number of nitrogens with one attached hydrogen (secondary N) is 1. The van der Waals surface area contributed by atoms with Crippen LogP contribution in [-0.4, -0.2) is 38.8 Å². The second-order valence-electron chi connectivity index (χ2n) is 5.31. The molecule has 1 aromatic rings. The van der Waals surface area contributed by atoms with Crippen LogP contribution in [0.15, 0.2) is 24.3 Å². The molecule has 0 spiro atoms. The first-order chi connectivity index (χ1) is 10.2. The molecule has 0 bridgehead atoms. The van der Waals surface area contributed by atoms with Gasteiger partial charge in [-0.25, -0.2) is 4.39 Å². The number of quaternary nitrogens is 1. The lowest BCUT2D eigenvalue weighted by molar-refractivity contribution is -0.905. The normalized spacial score (nSPS) is 21.8. The molecule has 0 aromatic heterocycles. The van der Waals surface area contributed by atoms with Gasteiger partial charge in [-0.05, 0) is 19.1 Å². The lowest BCUT2D eigenvalue weighted by Gasteiger charge is -2.28. The van der Waals surface area contributed by atoms with Crippen LogP contribution in [0.4, 0.5) is 4.39 Å². The summed E-state index contributed by atoms with van der Waals surface area (Å²) in [6.45, 7) is 5.46. The van der Waals surface area contributed by atoms with Gasteiger partial charge >= 0.3 is 5.97 Å². The van der Waals surface area contributed by atoms with Gasteiger partial charge < -0.3 is 14.4 Å². The Balaban J connectivity index is 1.67. The summed E-state index contributed by atoms with van der Waals surface area (Å²) in [7, 11) is 0. The predicted octanol–water partition coefficient (Wildman–Crippen LogP) is 1.06. The Morgan fingerprint density at radius 1 is 1.33 bits per heavy atom. The Bertz CT molecular complexity index is 459. The van der Waals surface area contributed by atoms with E-state index >= 15 is 0 Å². The summed E-state index contributed by atoms with van der Waals surface area (Å²) in [6, 6.07) is 6.44. The number of carbonyl (C=O) groups is 1. The molecule has 0 saturated carbocycles. The summed E-state index contributed by atoms with van der Waals surface area (Å²) in [6.07, 6.45) is 1.71. The predicted molar refractivity (Wildman–Crippen MR) is 76.8 cm³/mol. The van der Waals surface area contributed by atoms with Crippen molar-refractivity contribution in [2.24, 2.45) is 5.92 Å². The Morgan fingerprint density at radius 2 is 2.05 bits per heavy atom. The Labute approximate surface area is 124 Å². The summed E-state index contributed by atoms with van der Waals surface area (Å²) < 4.78 is 23.9. The largest absolute Gasteiger partial charge is 0.485 e. The van der Waals surface area contributed by atoms with E-state index in [1.807, 2.05) is 6.92 Å². The van der Waals surface area contributed by atoms with Crippen LogP contribution < -0.4 is 9.64 Å². The number of rotatable bonds is 6. The van der Waals surface area contributed by atoms with E-state index in [4.69, 9.17) is 9.47 Å². The first-order valence-electron chi connectivity index (χ1n) is 7.58. The lowest BCUT2D eigenvalue weighted by atomic mass is 9.97. The van der Waals surface area contributed by atoms with Gasteiger partial charge in [0.2, 0.25) is 0 Å². The average Bonchev–Trinajstić information content (AvgIpc) is 2.50. The van der Waals surface area contributed by atoms with E-state index in [1.54, 1.807) is 18.2 Å². The molecule has 1 aromatic carbocycles. The van der Waals surface area contributed by atoms with Crippen molar-refractivity contribution in [3.8, 4) is 5.75 Å². The van der Waals surface area contributed by atoms with Crippen molar-refractivity contribution >= 4 is 5.97 Å². The third kappa shape index (κ3) is 4.70. The van der Waals surface area contributed by atoms with Gasteiger partial charge in [-0.3, -0.25) is 4.79 Å². The molecule has 5 heteroatoms. The molecule has 2 rings (SSSR count). The van der Waals surface area contributed by atoms with Crippen LogP contribution >= 0.6 is 0 Å². The summed E-state index contributed by atoms with van der Waals surface area (Å²) in [4.78, 5) is 13.0. The smallest absolute Gasteiger partial charge is 0.309 e. The summed E-state index contributed by atoms with van der Waals surface area (Å²) in [5, 5.41) is 0. The van der Waals surface area contributed by atoms with Crippen LogP contribution in [0.5, 0.6) is 5.75 Å². The molecule has 4 nitrogen and oxygen atoms in total. The first kappa shape index (κ1) is 15.8. The van der Waals surface area contributed by atoms with Gasteiger partial charge in [-0.2, -0.15) is 0 Å². The highest BCUT2D eigenvalue weighted by molar-refractivity contribution is 5.72. The standard InChI is InChI=1S/C16H22FNO3/c1-2-20-16(19)13-7-9-18(10-8-13)11-12-21-15-6-4-3-5-14(15)17/h3-6,13H,2,7-12H2,1H3/p+1. The molecule has 0 radical (unpaired) electrons. The average molecular weight is 296 g/mol. The zero-order valence-corrected chi connectivity index (χ0v) is 12.4. The van der Waals surface area contributed by atoms with Crippen LogP contribution in [0.3, 0.4) is 0 Å². The highest BCUT2D eigenvalue weighted by Gasteiger charge is 2.28. The second-order valence-corrected chi connectivity index (χ2v) is 5.31. The van der Waals surface area contributed by atoms with Crippen LogP contribution in [0, 0.1) is 11.7 Å². The number of esters is 1. The zero-order chi connectivity index (χ0) is 15.1. The van der Waals surface area contributed by atoms with Gasteiger partial charge in [0.1, 0.15) is 13.2 Å². The maximum Gasteiger partial charge on any atom is 0.309 e. The van der Waals surface area contributed by atoms with Crippen molar-refractivity contribution in [1.82, 2.24) is 0 Å². The minimum Gasteiger partial charge on any atom is -0.485 e. The van der Waals surface area contributed by atoms with Gasteiger partial charge in [-0.1, -0.05) is 12.1 Å². The fourth-order valence-corrected chi connectivity index (χ4v) is 2.64. The van der Waals surface area contributed by atoms with E-state index < -0.39 is 0 Å². The quantitative estimate of drug-likeness (QED) is 0.798. The van der Waals surface area contributed by atoms with E-state index in [2.05, 4.69) is 0 Å². The number of ether oxygens (including phenoxy) is 2. The Kier molecular flexibility index (Phi) is 5.99. The fourth-order valence-electron chi connectivity index (χ4n) is 2.64. The number of halogens is 1. The Hall–Kier alpha value is -1.62. The van der Waals surface area contributed by atoms with Crippen LogP contribution in [-0.2, 0) is 9.53 Å². The molecule has 21 heavy (non-hydrogen) atoms. The van der Waals surface area contributed by atoms with Crippen LogP contribution in [0.1, 0.15) is 19.8 Å². The van der Waals surface area contributed by atoms with E-state index in [0.717, 1.165) is 32.5 Å². The first-order valence-corrected chi connectivity index (χ1v) is 7.58. The van der Waals surface area contributed by atoms with E-state index in [0.29, 0.717) is 19.0 Å². The summed E-state index contributed by atoms with van der Waals surface area (Å²) >= 11 is 0. The van der Waals surface area contributed by atoms with Crippen LogP contribution in [0.25, 0.3) is 0 Å². The molecule has 116 valence electrons. The third-order valence-corrected chi connectivity index (χ3v) is 3.86. The summed E-state index contributed by atoms with van der Waals surface area (Å²) in [5.41, 5.74) is 0. The Morgan fingerprint density at radius 3 is 2.71 bits per heavy atom. The molecule has 1 saturated heterocycles. The molecule has 0 aliphatic carbocycles. The van der Waals surface area contributed by atoms with Gasteiger partial charge in [-0.15, -0.1) is 0 Å². The van der Waals surface area contributed by atoms with E-state index in [1.165, 1.54) is 11.0 Å². The maximum atomic E-state index is 13.4. The summed E-state index contributed by atoms with van der Waals surface area (Å²) in [5.74, 6) is -0.0489. The fraction of sp³-hybridized carbons (Fsp3) is 0.562. The molecule has 1 fully saturated rings. The molecule has 0 amide bonds. The number of piperidine rings is 1. The maximum absolute atomic E-state index is 13.4. The van der Waals surface area contributed by atoms with Crippen molar-refractivity contribution < 1.29 is 23.6 Å². The molecule has 1 aliphatic heterocycles. The number of benzene rings is 1. The number of para-hydroxylation sites is 1. The molecule has 1 N–H and O–H groups in total. The number of likely N-dealkylation sites (tertiary alicyclic amines) is 1. The molecule has 0 atom stereocenters. The van der Waals surface area contributed by atoms with Gasteiger partial charge in [0.15, 0.2) is 11.6 Å². The van der Waals surface area contributed by atoms with E-state index in [9.17, 15) is 9.18 Å². The van der Waals surface area contributed by atoms with E-state index in [-0.39, 0.29) is 17.7 Å². The molecule has 1 aliphatic rings. The molecular formula is C16H23FNO3+. The third-order valence-electron chi connectivity index (χ3n) is 3.86. The van der Waals surface area contributed by atoms with Crippen molar-refractivity contribution in [2.45, 2.75) is 19.8 Å². The highest BCUT2D eigenvalue weighted by Crippen LogP contribution is 2.15. The number of hydrogen-bond acceptors (Lipinski definition) is 3. The van der Waals surface area contributed by atoms with Crippen LogP contribution in [0.2, 0.25) is 0 Å². The minimum absolute atomic E-state index is 0.0428. The number of hydrogen-bond donors (Lipinski definition) is 1. The van der Waals surface area contributed by atoms with Gasteiger partial charge in [0, 0.05) is 12.8 Å². The SMILES string of the molecule is CCOC(=O)C1CC[NH+](CCOc2ccccc2F)CC1. The lowest BCUT2D eigenvalue weighted by Crippen LogP contribution is -3.13. The highest BCUT2D eigenvalue weighted by atomic mass is 19.1. The van der Waals surface area contributed by atoms with Gasteiger partial charge in [0.05, 0.1) is 25.6 Å². The zero-order valence-electron chi connectivity index (χ0n) is 12.4. The molecule has 0 unspecified atom stereocenters. The van der Waals surface area contributed by atoms with Crippen molar-refractivity contribution in [2.75, 3.05) is 32.8 Å². The van der Waals surface area contributed by atoms with Gasteiger partial charge in [0.25, 0.3) is 0 Å². The van der Waals surface area contributed by atoms with Crippen molar-refractivity contribution in [3.63, 3.8) is 0 Å².